The van der Waals surface area contributed by atoms with Gasteiger partial charge in [-0.05, 0) is 43.5 Å². The largest absolute Gasteiger partial charge is 0.481 e. The molecule has 0 heterocycles. The lowest BCUT2D eigenvalue weighted by molar-refractivity contribution is -0.143. The SMILES string of the molecule is CC(Oc1ccc(Br)cc1)C(=O)NC(CC1CC1)C(=O)O. The van der Waals surface area contributed by atoms with Crippen LogP contribution < -0.4 is 10.1 Å². The molecule has 2 rings (SSSR count). The summed E-state index contributed by atoms with van der Waals surface area (Å²) in [5.41, 5.74) is 0. The molecule has 1 aliphatic carbocycles. The fourth-order valence-electron chi connectivity index (χ4n) is 1.97. The summed E-state index contributed by atoms with van der Waals surface area (Å²) in [6.45, 7) is 1.60. The summed E-state index contributed by atoms with van der Waals surface area (Å²) in [6.07, 6.45) is 1.84. The number of aliphatic carboxylic acids is 1. The van der Waals surface area contributed by atoms with E-state index in [0.29, 0.717) is 18.1 Å². The summed E-state index contributed by atoms with van der Waals surface area (Å²) in [7, 11) is 0. The Kier molecular flexibility index (Phi) is 5.22. The molecule has 2 atom stereocenters. The van der Waals surface area contributed by atoms with Gasteiger partial charge < -0.3 is 15.2 Å². The minimum absolute atomic E-state index is 0.411. The van der Waals surface area contributed by atoms with Gasteiger partial charge in [0.2, 0.25) is 0 Å². The molecule has 0 radical (unpaired) electrons. The van der Waals surface area contributed by atoms with E-state index in [1.165, 1.54) is 0 Å². The van der Waals surface area contributed by atoms with Gasteiger partial charge in [0.05, 0.1) is 0 Å². The van der Waals surface area contributed by atoms with Crippen molar-refractivity contribution in [3.63, 3.8) is 0 Å². The van der Waals surface area contributed by atoms with E-state index >= 15 is 0 Å². The van der Waals surface area contributed by atoms with Crippen LogP contribution in [0.2, 0.25) is 0 Å². The number of nitrogens with one attached hydrogen (secondary N) is 1. The molecule has 1 amide bonds. The Morgan fingerprint density at radius 3 is 2.52 bits per heavy atom. The van der Waals surface area contributed by atoms with Crippen LogP contribution in [0.4, 0.5) is 0 Å². The van der Waals surface area contributed by atoms with Gasteiger partial charge in [-0.15, -0.1) is 0 Å². The molecule has 5 nitrogen and oxygen atoms in total. The minimum Gasteiger partial charge on any atom is -0.481 e. The lowest BCUT2D eigenvalue weighted by atomic mass is 10.1. The molecule has 0 aliphatic heterocycles. The van der Waals surface area contributed by atoms with Crippen LogP contribution in [0, 0.1) is 5.92 Å². The molecule has 6 heteroatoms. The molecular formula is C15H18BrNO4. The summed E-state index contributed by atoms with van der Waals surface area (Å²) in [4.78, 5) is 23.2. The van der Waals surface area contributed by atoms with Gasteiger partial charge in [0, 0.05) is 4.47 Å². The van der Waals surface area contributed by atoms with Gasteiger partial charge in [-0.1, -0.05) is 28.8 Å². The molecule has 1 aromatic rings. The third kappa shape index (κ3) is 5.04. The van der Waals surface area contributed by atoms with Crippen LogP contribution >= 0.6 is 15.9 Å². The second-order valence-corrected chi connectivity index (χ2v) is 6.21. The monoisotopic (exact) mass is 355 g/mol. The lowest BCUT2D eigenvalue weighted by Crippen LogP contribution is -2.46. The highest BCUT2D eigenvalue weighted by molar-refractivity contribution is 9.10. The Bertz CT molecular complexity index is 513. The topological polar surface area (TPSA) is 75.6 Å². The van der Waals surface area contributed by atoms with Crippen molar-refractivity contribution in [1.82, 2.24) is 5.32 Å². The number of carboxylic acid groups (broad SMARTS) is 1. The van der Waals surface area contributed by atoms with E-state index < -0.39 is 24.0 Å². The van der Waals surface area contributed by atoms with Gasteiger partial charge in [-0.3, -0.25) is 4.79 Å². The molecular weight excluding hydrogens is 338 g/mol. The number of rotatable bonds is 7. The van der Waals surface area contributed by atoms with Gasteiger partial charge in [-0.2, -0.15) is 0 Å². The first-order chi connectivity index (χ1) is 9.95. The Morgan fingerprint density at radius 2 is 2.00 bits per heavy atom. The standard InChI is InChI=1S/C15H18BrNO4/c1-9(21-12-6-4-11(16)5-7-12)14(18)17-13(15(19)20)8-10-2-3-10/h4-7,9-10,13H,2-3,8H2,1H3,(H,17,18)(H,19,20). The first kappa shape index (κ1) is 15.8. The van der Waals surface area contributed by atoms with Crippen LogP contribution in [0.1, 0.15) is 26.2 Å². The number of carbonyl (C=O) groups is 2. The van der Waals surface area contributed by atoms with Crippen LogP contribution in [0.5, 0.6) is 5.75 Å². The van der Waals surface area contributed by atoms with Crippen molar-refractivity contribution >= 4 is 27.8 Å². The third-order valence-corrected chi connectivity index (χ3v) is 3.90. The highest BCUT2D eigenvalue weighted by Gasteiger charge is 2.31. The second kappa shape index (κ2) is 6.93. The van der Waals surface area contributed by atoms with Crippen molar-refractivity contribution in [2.75, 3.05) is 0 Å². The maximum absolute atomic E-state index is 12.0. The smallest absolute Gasteiger partial charge is 0.326 e. The number of halogens is 1. The number of carbonyl (C=O) groups excluding carboxylic acids is 1. The van der Waals surface area contributed by atoms with Crippen molar-refractivity contribution < 1.29 is 19.4 Å². The van der Waals surface area contributed by atoms with Crippen LogP contribution in [-0.2, 0) is 9.59 Å². The molecule has 2 N–H and O–H groups in total. The van der Waals surface area contributed by atoms with Crippen LogP contribution in [0.3, 0.4) is 0 Å². The summed E-state index contributed by atoms with van der Waals surface area (Å²) in [5.74, 6) is -0.416. The van der Waals surface area contributed by atoms with E-state index in [2.05, 4.69) is 21.2 Å². The fourth-order valence-corrected chi connectivity index (χ4v) is 2.23. The Morgan fingerprint density at radius 1 is 1.38 bits per heavy atom. The van der Waals surface area contributed by atoms with Crippen LogP contribution in [0.25, 0.3) is 0 Å². The van der Waals surface area contributed by atoms with Crippen molar-refractivity contribution in [3.05, 3.63) is 28.7 Å². The molecule has 1 aliphatic rings. The molecule has 0 aromatic heterocycles. The van der Waals surface area contributed by atoms with Gasteiger partial charge in [0.25, 0.3) is 5.91 Å². The first-order valence-electron chi connectivity index (χ1n) is 6.91. The lowest BCUT2D eigenvalue weighted by Gasteiger charge is -2.18. The normalized spacial score (nSPS) is 16.9. The summed E-state index contributed by atoms with van der Waals surface area (Å²) < 4.78 is 6.43. The second-order valence-electron chi connectivity index (χ2n) is 5.29. The number of benzene rings is 1. The molecule has 1 fully saturated rings. The molecule has 2 unspecified atom stereocenters. The molecule has 0 bridgehead atoms. The fraction of sp³-hybridized carbons (Fsp3) is 0.467. The maximum Gasteiger partial charge on any atom is 0.326 e. The van der Waals surface area contributed by atoms with Gasteiger partial charge in [-0.25, -0.2) is 4.79 Å². The van der Waals surface area contributed by atoms with Crippen molar-refractivity contribution in [2.24, 2.45) is 5.92 Å². The van der Waals surface area contributed by atoms with E-state index in [9.17, 15) is 9.59 Å². The average Bonchev–Trinajstić information content (AvgIpc) is 3.24. The molecule has 1 saturated carbocycles. The van der Waals surface area contributed by atoms with E-state index in [0.717, 1.165) is 17.3 Å². The third-order valence-electron chi connectivity index (χ3n) is 3.38. The molecule has 0 saturated heterocycles. The van der Waals surface area contributed by atoms with E-state index in [4.69, 9.17) is 9.84 Å². The van der Waals surface area contributed by atoms with Gasteiger partial charge in [0.15, 0.2) is 6.10 Å². The number of hydrogen-bond acceptors (Lipinski definition) is 3. The van der Waals surface area contributed by atoms with E-state index in [1.807, 2.05) is 12.1 Å². The van der Waals surface area contributed by atoms with E-state index in [1.54, 1.807) is 19.1 Å². The number of ether oxygens (including phenoxy) is 1. The number of hydrogen-bond donors (Lipinski definition) is 2. The molecule has 0 spiro atoms. The average molecular weight is 356 g/mol. The number of amides is 1. The maximum atomic E-state index is 12.0. The number of carboxylic acids is 1. The van der Waals surface area contributed by atoms with Crippen molar-refractivity contribution in [1.29, 1.82) is 0 Å². The summed E-state index contributed by atoms with van der Waals surface area (Å²) >= 11 is 3.32. The van der Waals surface area contributed by atoms with E-state index in [-0.39, 0.29) is 0 Å². The quantitative estimate of drug-likeness (QED) is 0.788. The summed E-state index contributed by atoms with van der Waals surface area (Å²) in [6, 6.07) is 6.28. The predicted molar refractivity (Wildman–Crippen MR) is 81.1 cm³/mol. The molecule has 21 heavy (non-hydrogen) atoms. The van der Waals surface area contributed by atoms with Crippen LogP contribution in [0.15, 0.2) is 28.7 Å². The summed E-state index contributed by atoms with van der Waals surface area (Å²) in [5, 5.41) is 11.7. The zero-order chi connectivity index (χ0) is 15.4. The zero-order valence-electron chi connectivity index (χ0n) is 11.7. The van der Waals surface area contributed by atoms with Gasteiger partial charge in [0.1, 0.15) is 11.8 Å². The van der Waals surface area contributed by atoms with Crippen LogP contribution in [-0.4, -0.2) is 29.1 Å². The minimum atomic E-state index is -0.994. The van der Waals surface area contributed by atoms with Crippen molar-refractivity contribution in [2.45, 2.75) is 38.3 Å². The predicted octanol–water partition coefficient (Wildman–Crippen LogP) is 2.59. The zero-order valence-corrected chi connectivity index (χ0v) is 13.3. The molecule has 114 valence electrons. The Hall–Kier alpha value is -1.56. The Labute approximate surface area is 131 Å². The highest BCUT2D eigenvalue weighted by Crippen LogP contribution is 2.33. The van der Waals surface area contributed by atoms with Crippen molar-refractivity contribution in [3.8, 4) is 5.75 Å². The Balaban J connectivity index is 1.88. The molecule has 1 aromatic carbocycles. The highest BCUT2D eigenvalue weighted by atomic mass is 79.9. The first-order valence-corrected chi connectivity index (χ1v) is 7.70. The van der Waals surface area contributed by atoms with Gasteiger partial charge >= 0.3 is 5.97 Å².